The summed E-state index contributed by atoms with van der Waals surface area (Å²) >= 11 is 1.64. The van der Waals surface area contributed by atoms with Crippen LogP contribution in [0.2, 0.25) is 0 Å². The Bertz CT molecular complexity index is 601. The molecular weight excluding hydrogens is 272 g/mol. The van der Waals surface area contributed by atoms with Gasteiger partial charge in [-0.25, -0.2) is 4.79 Å². The standard InChI is InChI=1S/C15H16N2O2S/c18-15(19)12-8-6-11(7-9-12)14-17-16-13(20-14)10-4-2-1-3-5-10/h6-10H,1-5H2,(H,18,19). The highest BCUT2D eigenvalue weighted by molar-refractivity contribution is 7.14. The molecule has 1 aliphatic rings. The summed E-state index contributed by atoms with van der Waals surface area (Å²) in [5.74, 6) is -0.343. The summed E-state index contributed by atoms with van der Waals surface area (Å²) in [5, 5.41) is 19.5. The number of benzene rings is 1. The van der Waals surface area contributed by atoms with Gasteiger partial charge in [-0.05, 0) is 25.0 Å². The Morgan fingerprint density at radius 3 is 2.45 bits per heavy atom. The van der Waals surface area contributed by atoms with E-state index in [9.17, 15) is 4.79 Å². The van der Waals surface area contributed by atoms with Gasteiger partial charge < -0.3 is 5.11 Å². The monoisotopic (exact) mass is 288 g/mol. The van der Waals surface area contributed by atoms with Crippen molar-refractivity contribution < 1.29 is 9.90 Å². The van der Waals surface area contributed by atoms with Crippen molar-refractivity contribution in [2.75, 3.05) is 0 Å². The van der Waals surface area contributed by atoms with Crippen molar-refractivity contribution in [2.45, 2.75) is 38.0 Å². The third kappa shape index (κ3) is 2.72. The number of carboxylic acids is 1. The average Bonchev–Trinajstić information content (AvgIpc) is 2.98. The van der Waals surface area contributed by atoms with Crippen LogP contribution in [0.1, 0.15) is 53.4 Å². The van der Waals surface area contributed by atoms with Gasteiger partial charge in [0, 0.05) is 11.5 Å². The van der Waals surface area contributed by atoms with Crippen molar-refractivity contribution in [3.05, 3.63) is 34.8 Å². The van der Waals surface area contributed by atoms with Gasteiger partial charge in [-0.15, -0.1) is 10.2 Å². The smallest absolute Gasteiger partial charge is 0.335 e. The lowest BCUT2D eigenvalue weighted by Gasteiger charge is -2.18. The number of carbonyl (C=O) groups is 1. The van der Waals surface area contributed by atoms with E-state index in [0.717, 1.165) is 15.6 Å². The molecule has 104 valence electrons. The molecule has 0 saturated heterocycles. The van der Waals surface area contributed by atoms with Crippen LogP contribution in [-0.4, -0.2) is 21.3 Å². The van der Waals surface area contributed by atoms with Gasteiger partial charge in [0.2, 0.25) is 0 Å². The fourth-order valence-corrected chi connectivity index (χ4v) is 3.64. The lowest BCUT2D eigenvalue weighted by Crippen LogP contribution is -2.03. The quantitative estimate of drug-likeness (QED) is 0.928. The zero-order valence-corrected chi connectivity index (χ0v) is 11.9. The fourth-order valence-electron chi connectivity index (χ4n) is 2.62. The van der Waals surface area contributed by atoms with E-state index in [4.69, 9.17) is 5.11 Å². The van der Waals surface area contributed by atoms with Crippen LogP contribution in [0.4, 0.5) is 0 Å². The molecule has 20 heavy (non-hydrogen) atoms. The first kappa shape index (κ1) is 13.2. The van der Waals surface area contributed by atoms with Crippen LogP contribution in [-0.2, 0) is 0 Å². The molecule has 1 fully saturated rings. The second-order valence-electron chi connectivity index (χ2n) is 5.16. The Labute approximate surface area is 121 Å². The number of aromatic carboxylic acids is 1. The maximum Gasteiger partial charge on any atom is 0.335 e. The van der Waals surface area contributed by atoms with E-state index < -0.39 is 5.97 Å². The van der Waals surface area contributed by atoms with E-state index in [2.05, 4.69) is 10.2 Å². The van der Waals surface area contributed by atoms with Crippen LogP contribution in [0.15, 0.2) is 24.3 Å². The molecule has 1 saturated carbocycles. The Balaban J connectivity index is 1.80. The van der Waals surface area contributed by atoms with Gasteiger partial charge in [-0.2, -0.15) is 0 Å². The molecule has 5 heteroatoms. The molecule has 0 aliphatic heterocycles. The highest BCUT2D eigenvalue weighted by Gasteiger charge is 2.20. The minimum atomic E-state index is -0.906. The first-order valence-corrected chi connectivity index (χ1v) is 7.73. The van der Waals surface area contributed by atoms with E-state index in [0.29, 0.717) is 11.5 Å². The predicted octanol–water partition coefficient (Wildman–Crippen LogP) is 3.95. The maximum atomic E-state index is 10.8. The van der Waals surface area contributed by atoms with Crippen LogP contribution in [0.5, 0.6) is 0 Å². The van der Waals surface area contributed by atoms with E-state index in [1.54, 1.807) is 35.6 Å². The predicted molar refractivity (Wildman–Crippen MR) is 78.1 cm³/mol. The van der Waals surface area contributed by atoms with Crippen molar-refractivity contribution >= 4 is 17.3 Å². The second kappa shape index (κ2) is 5.71. The summed E-state index contributed by atoms with van der Waals surface area (Å²) < 4.78 is 0. The number of rotatable bonds is 3. The molecule has 4 nitrogen and oxygen atoms in total. The Kier molecular flexibility index (Phi) is 3.78. The second-order valence-corrected chi connectivity index (χ2v) is 6.17. The van der Waals surface area contributed by atoms with Gasteiger partial charge in [-0.1, -0.05) is 42.7 Å². The zero-order valence-electron chi connectivity index (χ0n) is 11.1. The molecule has 0 atom stereocenters. The SMILES string of the molecule is O=C(O)c1ccc(-c2nnc(C3CCCCC3)s2)cc1. The molecule has 0 unspecified atom stereocenters. The third-order valence-corrected chi connectivity index (χ3v) is 4.91. The van der Waals surface area contributed by atoms with Crippen LogP contribution in [0.3, 0.4) is 0 Å². The number of hydrogen-bond acceptors (Lipinski definition) is 4. The highest BCUT2D eigenvalue weighted by atomic mass is 32.1. The molecule has 0 amide bonds. The lowest BCUT2D eigenvalue weighted by molar-refractivity contribution is 0.0697. The molecule has 1 aliphatic carbocycles. The van der Waals surface area contributed by atoms with Crippen LogP contribution >= 0.6 is 11.3 Å². The van der Waals surface area contributed by atoms with Crippen molar-refractivity contribution in [1.29, 1.82) is 0 Å². The molecule has 1 aromatic heterocycles. The van der Waals surface area contributed by atoms with Crippen molar-refractivity contribution in [3.63, 3.8) is 0 Å². The molecule has 3 rings (SSSR count). The molecular formula is C15H16N2O2S. The number of aromatic nitrogens is 2. The number of hydrogen-bond donors (Lipinski definition) is 1. The largest absolute Gasteiger partial charge is 0.478 e. The van der Waals surface area contributed by atoms with Gasteiger partial charge in [0.25, 0.3) is 0 Å². The zero-order chi connectivity index (χ0) is 13.9. The van der Waals surface area contributed by atoms with Gasteiger partial charge in [0.1, 0.15) is 10.0 Å². The highest BCUT2D eigenvalue weighted by Crippen LogP contribution is 2.36. The molecule has 1 aromatic carbocycles. The normalized spacial score (nSPS) is 16.2. The topological polar surface area (TPSA) is 63.1 Å². The summed E-state index contributed by atoms with van der Waals surface area (Å²) in [6.07, 6.45) is 6.33. The van der Waals surface area contributed by atoms with E-state index in [1.807, 2.05) is 0 Å². The maximum absolute atomic E-state index is 10.8. The minimum absolute atomic E-state index is 0.297. The van der Waals surface area contributed by atoms with Crippen molar-refractivity contribution in [3.8, 4) is 10.6 Å². The van der Waals surface area contributed by atoms with Gasteiger partial charge in [0.15, 0.2) is 0 Å². The number of carboxylic acid groups (broad SMARTS) is 1. The lowest BCUT2D eigenvalue weighted by atomic mass is 9.90. The summed E-state index contributed by atoms with van der Waals surface area (Å²) in [6.45, 7) is 0. The first-order valence-electron chi connectivity index (χ1n) is 6.91. The molecule has 0 radical (unpaired) electrons. The fraction of sp³-hybridized carbons (Fsp3) is 0.400. The number of nitrogens with zero attached hydrogens (tertiary/aromatic N) is 2. The van der Waals surface area contributed by atoms with E-state index in [-0.39, 0.29) is 0 Å². The summed E-state index contributed by atoms with van der Waals surface area (Å²) in [5.41, 5.74) is 1.24. The van der Waals surface area contributed by atoms with Crippen molar-refractivity contribution in [2.24, 2.45) is 0 Å². The van der Waals surface area contributed by atoms with Crippen LogP contribution < -0.4 is 0 Å². The Morgan fingerprint density at radius 2 is 1.80 bits per heavy atom. The molecule has 2 aromatic rings. The average molecular weight is 288 g/mol. The van der Waals surface area contributed by atoms with Gasteiger partial charge in [-0.3, -0.25) is 0 Å². The minimum Gasteiger partial charge on any atom is -0.478 e. The van der Waals surface area contributed by atoms with Gasteiger partial charge >= 0.3 is 5.97 Å². The molecule has 0 spiro atoms. The Morgan fingerprint density at radius 1 is 1.10 bits per heavy atom. The molecule has 1 heterocycles. The third-order valence-electron chi connectivity index (χ3n) is 3.77. The van der Waals surface area contributed by atoms with E-state index >= 15 is 0 Å². The molecule has 0 bridgehead atoms. The Hall–Kier alpha value is -1.75. The van der Waals surface area contributed by atoms with Crippen LogP contribution in [0, 0.1) is 0 Å². The van der Waals surface area contributed by atoms with Crippen molar-refractivity contribution in [1.82, 2.24) is 10.2 Å². The van der Waals surface area contributed by atoms with Gasteiger partial charge in [0.05, 0.1) is 5.56 Å². The first-order chi connectivity index (χ1) is 9.74. The molecule has 1 N–H and O–H groups in total. The summed E-state index contributed by atoms with van der Waals surface area (Å²) in [6, 6.07) is 6.82. The summed E-state index contributed by atoms with van der Waals surface area (Å²) in [7, 11) is 0. The summed E-state index contributed by atoms with van der Waals surface area (Å²) in [4.78, 5) is 10.8. The van der Waals surface area contributed by atoms with E-state index in [1.165, 1.54) is 32.1 Å². The van der Waals surface area contributed by atoms with Crippen LogP contribution in [0.25, 0.3) is 10.6 Å².